The van der Waals surface area contributed by atoms with Gasteiger partial charge in [-0.05, 0) is 36.8 Å². The van der Waals surface area contributed by atoms with Crippen LogP contribution in [0.15, 0.2) is 18.2 Å². The molecular formula is C13H18N2OS. The second kappa shape index (κ2) is 5.45. The first-order valence-corrected chi connectivity index (χ1v) is 7.07. The summed E-state index contributed by atoms with van der Waals surface area (Å²) in [6, 6.07) is 5.57. The molecule has 92 valence electrons. The van der Waals surface area contributed by atoms with Gasteiger partial charge >= 0.3 is 0 Å². The number of amides is 1. The molecule has 4 heteroatoms. The molecule has 1 aromatic carbocycles. The smallest absolute Gasteiger partial charge is 0.253 e. The first kappa shape index (κ1) is 12.3. The van der Waals surface area contributed by atoms with Crippen molar-refractivity contribution in [3.63, 3.8) is 0 Å². The van der Waals surface area contributed by atoms with E-state index in [1.54, 1.807) is 6.07 Å². The maximum atomic E-state index is 12.3. The van der Waals surface area contributed by atoms with Crippen molar-refractivity contribution in [2.24, 2.45) is 0 Å². The second-order valence-electron chi connectivity index (χ2n) is 4.33. The fraction of sp³-hybridized carbons (Fsp3) is 0.462. The molecule has 17 heavy (non-hydrogen) atoms. The van der Waals surface area contributed by atoms with Gasteiger partial charge in [-0.15, -0.1) is 0 Å². The quantitative estimate of drug-likeness (QED) is 0.777. The highest BCUT2D eigenvalue weighted by Gasteiger charge is 2.17. The van der Waals surface area contributed by atoms with Crippen molar-refractivity contribution in [2.75, 3.05) is 30.3 Å². The minimum Gasteiger partial charge on any atom is -0.398 e. The van der Waals surface area contributed by atoms with E-state index < -0.39 is 0 Å². The van der Waals surface area contributed by atoms with Crippen LogP contribution < -0.4 is 5.73 Å². The number of anilines is 1. The highest BCUT2D eigenvalue weighted by atomic mass is 32.2. The average Bonchev–Trinajstić information content (AvgIpc) is 2.60. The lowest BCUT2D eigenvalue weighted by Crippen LogP contribution is -2.32. The highest BCUT2D eigenvalue weighted by molar-refractivity contribution is 7.99. The zero-order valence-electron chi connectivity index (χ0n) is 10.1. The highest BCUT2D eigenvalue weighted by Crippen LogP contribution is 2.17. The van der Waals surface area contributed by atoms with Gasteiger partial charge in [-0.25, -0.2) is 0 Å². The largest absolute Gasteiger partial charge is 0.398 e. The van der Waals surface area contributed by atoms with Gasteiger partial charge in [-0.3, -0.25) is 4.79 Å². The minimum absolute atomic E-state index is 0.110. The Hall–Kier alpha value is -1.16. The van der Waals surface area contributed by atoms with Crippen molar-refractivity contribution in [1.29, 1.82) is 0 Å². The normalized spacial score (nSPS) is 16.6. The molecule has 0 aliphatic carbocycles. The lowest BCUT2D eigenvalue weighted by molar-refractivity contribution is 0.0768. The van der Waals surface area contributed by atoms with E-state index >= 15 is 0 Å². The van der Waals surface area contributed by atoms with E-state index in [4.69, 9.17) is 5.73 Å². The summed E-state index contributed by atoms with van der Waals surface area (Å²) in [5.41, 5.74) is 8.27. The van der Waals surface area contributed by atoms with Gasteiger partial charge in [0.25, 0.3) is 5.91 Å². The third kappa shape index (κ3) is 2.94. The Bertz CT molecular complexity index is 412. The predicted octanol–water partition coefficient (Wildman–Crippen LogP) is 2.16. The Morgan fingerprint density at radius 2 is 2.18 bits per heavy atom. The molecular weight excluding hydrogens is 232 g/mol. The fourth-order valence-electron chi connectivity index (χ4n) is 1.91. The van der Waals surface area contributed by atoms with Gasteiger partial charge in [0.2, 0.25) is 0 Å². The number of nitrogens with zero attached hydrogens (tertiary/aromatic N) is 1. The third-order valence-electron chi connectivity index (χ3n) is 3.04. The van der Waals surface area contributed by atoms with Gasteiger partial charge in [0.05, 0.1) is 0 Å². The SMILES string of the molecule is Cc1ccc(C(=O)N2CCCSCC2)cc1N. The van der Waals surface area contributed by atoms with Crippen molar-refractivity contribution in [2.45, 2.75) is 13.3 Å². The molecule has 1 aromatic rings. The van der Waals surface area contributed by atoms with Crippen LogP contribution in [0.25, 0.3) is 0 Å². The summed E-state index contributed by atoms with van der Waals surface area (Å²) in [5, 5.41) is 0. The van der Waals surface area contributed by atoms with Crippen LogP contribution in [-0.4, -0.2) is 35.4 Å². The summed E-state index contributed by atoms with van der Waals surface area (Å²) in [6.45, 7) is 3.66. The van der Waals surface area contributed by atoms with Gasteiger partial charge in [-0.2, -0.15) is 11.8 Å². The number of benzene rings is 1. The van der Waals surface area contributed by atoms with Gasteiger partial charge in [-0.1, -0.05) is 6.07 Å². The van der Waals surface area contributed by atoms with E-state index in [2.05, 4.69) is 0 Å². The maximum Gasteiger partial charge on any atom is 0.253 e. The van der Waals surface area contributed by atoms with E-state index in [0.29, 0.717) is 11.3 Å². The number of hydrogen-bond donors (Lipinski definition) is 1. The van der Waals surface area contributed by atoms with Gasteiger partial charge < -0.3 is 10.6 Å². The second-order valence-corrected chi connectivity index (χ2v) is 5.55. The number of rotatable bonds is 1. The average molecular weight is 250 g/mol. The number of carbonyl (C=O) groups is 1. The molecule has 0 atom stereocenters. The number of aryl methyl sites for hydroxylation is 1. The number of thioether (sulfide) groups is 1. The van der Waals surface area contributed by atoms with Crippen LogP contribution in [0.2, 0.25) is 0 Å². The summed E-state index contributed by atoms with van der Waals surface area (Å²) < 4.78 is 0. The Labute approximate surface area is 106 Å². The zero-order valence-corrected chi connectivity index (χ0v) is 10.9. The van der Waals surface area contributed by atoms with Crippen LogP contribution in [0.4, 0.5) is 5.69 Å². The molecule has 0 unspecified atom stereocenters. The Kier molecular flexibility index (Phi) is 3.94. The van der Waals surface area contributed by atoms with Gasteiger partial charge in [0.15, 0.2) is 0 Å². The van der Waals surface area contributed by atoms with Crippen LogP contribution in [0.1, 0.15) is 22.3 Å². The van der Waals surface area contributed by atoms with Crippen LogP contribution in [-0.2, 0) is 0 Å². The number of carbonyl (C=O) groups excluding carboxylic acids is 1. The summed E-state index contributed by atoms with van der Waals surface area (Å²) in [5.74, 6) is 2.30. The van der Waals surface area contributed by atoms with Crippen molar-refractivity contribution in [3.05, 3.63) is 29.3 Å². The molecule has 0 saturated carbocycles. The Morgan fingerprint density at radius 3 is 2.94 bits per heavy atom. The lowest BCUT2D eigenvalue weighted by Gasteiger charge is -2.20. The van der Waals surface area contributed by atoms with E-state index in [1.807, 2.05) is 35.7 Å². The van der Waals surface area contributed by atoms with Gasteiger partial charge in [0, 0.05) is 30.1 Å². The summed E-state index contributed by atoms with van der Waals surface area (Å²) in [4.78, 5) is 14.2. The van der Waals surface area contributed by atoms with Crippen LogP contribution in [0.5, 0.6) is 0 Å². The molecule has 1 aliphatic heterocycles. The molecule has 2 N–H and O–H groups in total. The number of hydrogen-bond acceptors (Lipinski definition) is 3. The van der Waals surface area contributed by atoms with Crippen LogP contribution in [0.3, 0.4) is 0 Å². The molecule has 1 saturated heterocycles. The predicted molar refractivity (Wildman–Crippen MR) is 73.4 cm³/mol. The summed E-state index contributed by atoms with van der Waals surface area (Å²) >= 11 is 1.92. The molecule has 0 spiro atoms. The molecule has 1 heterocycles. The Morgan fingerprint density at radius 1 is 1.35 bits per heavy atom. The van der Waals surface area contributed by atoms with E-state index in [1.165, 1.54) is 0 Å². The molecule has 0 radical (unpaired) electrons. The topological polar surface area (TPSA) is 46.3 Å². The zero-order chi connectivity index (χ0) is 12.3. The third-order valence-corrected chi connectivity index (χ3v) is 4.08. The molecule has 2 rings (SSSR count). The minimum atomic E-state index is 0.110. The molecule has 0 bridgehead atoms. The first-order valence-electron chi connectivity index (χ1n) is 5.91. The number of nitrogens with two attached hydrogens (primary N) is 1. The summed E-state index contributed by atoms with van der Waals surface area (Å²) in [7, 11) is 0. The Balaban J connectivity index is 2.14. The van der Waals surface area contributed by atoms with E-state index in [9.17, 15) is 4.79 Å². The van der Waals surface area contributed by atoms with Crippen molar-refractivity contribution >= 4 is 23.4 Å². The molecule has 1 fully saturated rings. The molecule has 3 nitrogen and oxygen atoms in total. The molecule has 1 aliphatic rings. The van der Waals surface area contributed by atoms with Crippen molar-refractivity contribution in [1.82, 2.24) is 4.90 Å². The lowest BCUT2D eigenvalue weighted by atomic mass is 10.1. The maximum absolute atomic E-state index is 12.3. The standard InChI is InChI=1S/C13H18N2OS/c1-10-3-4-11(9-12(10)14)13(16)15-5-2-7-17-8-6-15/h3-4,9H,2,5-8,14H2,1H3. The van der Waals surface area contributed by atoms with Crippen molar-refractivity contribution < 1.29 is 4.79 Å². The number of nitrogen functional groups attached to an aromatic ring is 1. The van der Waals surface area contributed by atoms with Gasteiger partial charge in [0.1, 0.15) is 0 Å². The first-order chi connectivity index (χ1) is 8.18. The fourth-order valence-corrected chi connectivity index (χ4v) is 2.79. The summed E-state index contributed by atoms with van der Waals surface area (Å²) in [6.07, 6.45) is 1.08. The monoisotopic (exact) mass is 250 g/mol. The van der Waals surface area contributed by atoms with E-state index in [-0.39, 0.29) is 5.91 Å². The molecule has 0 aromatic heterocycles. The van der Waals surface area contributed by atoms with Crippen LogP contribution in [0, 0.1) is 6.92 Å². The van der Waals surface area contributed by atoms with Crippen LogP contribution >= 0.6 is 11.8 Å². The van der Waals surface area contributed by atoms with Crippen molar-refractivity contribution in [3.8, 4) is 0 Å². The van der Waals surface area contributed by atoms with E-state index in [0.717, 1.165) is 36.6 Å². The molecule has 1 amide bonds.